The molecule has 0 saturated carbocycles. The van der Waals surface area contributed by atoms with Gasteiger partial charge in [-0.1, -0.05) is 59.2 Å². The van der Waals surface area contributed by atoms with Gasteiger partial charge in [0.1, 0.15) is 11.9 Å². The number of nitrogens with one attached hydrogen (secondary N) is 1. The SMILES string of the molecule is O=C(CN1c2ccccc2Sc2ccc(Cl)cc21)NN1C(=O)CSC1c1cccc(Cl)c1. The molecule has 162 valence electrons. The van der Waals surface area contributed by atoms with Gasteiger partial charge in [-0.15, -0.1) is 11.8 Å². The van der Waals surface area contributed by atoms with E-state index in [0.29, 0.717) is 15.8 Å². The van der Waals surface area contributed by atoms with E-state index in [2.05, 4.69) is 5.43 Å². The molecule has 2 heterocycles. The van der Waals surface area contributed by atoms with Crippen molar-refractivity contribution in [1.29, 1.82) is 0 Å². The molecule has 5 rings (SSSR count). The Morgan fingerprint density at radius 1 is 0.969 bits per heavy atom. The third-order valence-corrected chi connectivity index (χ3v) is 7.95. The number of fused-ring (bicyclic) bond motifs is 2. The van der Waals surface area contributed by atoms with Crippen molar-refractivity contribution >= 4 is 69.9 Å². The molecule has 0 aliphatic carbocycles. The van der Waals surface area contributed by atoms with E-state index in [4.69, 9.17) is 23.2 Å². The summed E-state index contributed by atoms with van der Waals surface area (Å²) < 4.78 is 0. The largest absolute Gasteiger partial charge is 0.330 e. The van der Waals surface area contributed by atoms with Crippen LogP contribution in [0.25, 0.3) is 0 Å². The van der Waals surface area contributed by atoms with Crippen LogP contribution in [0.4, 0.5) is 11.4 Å². The Morgan fingerprint density at radius 2 is 1.75 bits per heavy atom. The van der Waals surface area contributed by atoms with E-state index in [1.165, 1.54) is 16.8 Å². The summed E-state index contributed by atoms with van der Waals surface area (Å²) in [6.07, 6.45) is 0. The van der Waals surface area contributed by atoms with Gasteiger partial charge in [0.25, 0.3) is 11.8 Å². The topological polar surface area (TPSA) is 52.7 Å². The molecule has 0 bridgehead atoms. The highest BCUT2D eigenvalue weighted by molar-refractivity contribution is 8.00. The Labute approximate surface area is 204 Å². The molecule has 0 radical (unpaired) electrons. The van der Waals surface area contributed by atoms with Crippen LogP contribution in [-0.2, 0) is 9.59 Å². The number of rotatable bonds is 4. The summed E-state index contributed by atoms with van der Waals surface area (Å²) in [6.45, 7) is 0.0433. The zero-order valence-electron chi connectivity index (χ0n) is 16.6. The highest BCUT2D eigenvalue weighted by Gasteiger charge is 2.35. The fourth-order valence-corrected chi connectivity index (χ4v) is 6.28. The number of hydrazine groups is 1. The third-order valence-electron chi connectivity index (χ3n) is 5.14. The summed E-state index contributed by atoms with van der Waals surface area (Å²) in [6, 6.07) is 20.9. The molecular weight excluding hydrogens is 485 g/mol. The quantitative estimate of drug-likeness (QED) is 0.482. The number of para-hydroxylation sites is 1. The Kier molecular flexibility index (Phi) is 5.99. The molecule has 1 atom stereocenters. The molecule has 5 nitrogen and oxygen atoms in total. The summed E-state index contributed by atoms with van der Waals surface area (Å²) in [5, 5.41) is 2.27. The van der Waals surface area contributed by atoms with E-state index in [1.807, 2.05) is 65.6 Å². The first-order valence-electron chi connectivity index (χ1n) is 9.82. The fraction of sp³-hybridized carbons (Fsp3) is 0.130. The molecule has 0 aromatic heterocycles. The van der Waals surface area contributed by atoms with E-state index < -0.39 is 0 Å². The maximum absolute atomic E-state index is 13.1. The molecule has 3 aromatic carbocycles. The maximum atomic E-state index is 13.1. The number of thioether (sulfide) groups is 1. The number of amides is 2. The summed E-state index contributed by atoms with van der Waals surface area (Å²) in [7, 11) is 0. The number of carbonyl (C=O) groups excluding carboxylic acids is 2. The van der Waals surface area contributed by atoms with Gasteiger partial charge in [-0.05, 0) is 48.0 Å². The number of hydrogen-bond donors (Lipinski definition) is 1. The van der Waals surface area contributed by atoms with E-state index in [-0.39, 0.29) is 23.7 Å². The van der Waals surface area contributed by atoms with Gasteiger partial charge in [-0.2, -0.15) is 0 Å². The molecule has 9 heteroatoms. The molecule has 2 aliphatic rings. The first-order valence-corrected chi connectivity index (χ1v) is 12.4. The summed E-state index contributed by atoms with van der Waals surface area (Å²) in [5.41, 5.74) is 5.48. The second-order valence-corrected chi connectivity index (χ2v) is 10.3. The van der Waals surface area contributed by atoms with Crippen molar-refractivity contribution in [2.45, 2.75) is 15.2 Å². The average molecular weight is 502 g/mol. The molecule has 1 fully saturated rings. The molecule has 2 aliphatic heterocycles. The minimum Gasteiger partial charge on any atom is -0.330 e. The van der Waals surface area contributed by atoms with Gasteiger partial charge in [0, 0.05) is 19.8 Å². The Morgan fingerprint density at radius 3 is 2.59 bits per heavy atom. The van der Waals surface area contributed by atoms with Crippen molar-refractivity contribution < 1.29 is 9.59 Å². The van der Waals surface area contributed by atoms with Gasteiger partial charge in [0.05, 0.1) is 17.1 Å². The maximum Gasteiger partial charge on any atom is 0.258 e. The van der Waals surface area contributed by atoms with Crippen molar-refractivity contribution in [3.8, 4) is 0 Å². The lowest BCUT2D eigenvalue weighted by atomic mass is 10.2. The van der Waals surface area contributed by atoms with Gasteiger partial charge in [-0.25, -0.2) is 5.01 Å². The van der Waals surface area contributed by atoms with Crippen LogP contribution in [0.1, 0.15) is 10.9 Å². The van der Waals surface area contributed by atoms with Crippen LogP contribution in [-0.4, -0.2) is 29.1 Å². The van der Waals surface area contributed by atoms with Crippen LogP contribution in [0.3, 0.4) is 0 Å². The molecular formula is C23H17Cl2N3O2S2. The van der Waals surface area contributed by atoms with E-state index in [9.17, 15) is 9.59 Å². The number of hydrogen-bond acceptors (Lipinski definition) is 5. The fourth-order valence-electron chi connectivity index (χ4n) is 3.74. The van der Waals surface area contributed by atoms with E-state index >= 15 is 0 Å². The van der Waals surface area contributed by atoms with Crippen LogP contribution < -0.4 is 10.3 Å². The predicted octanol–water partition coefficient (Wildman–Crippen LogP) is 5.90. The smallest absolute Gasteiger partial charge is 0.258 e. The lowest BCUT2D eigenvalue weighted by molar-refractivity contribution is -0.138. The molecule has 0 spiro atoms. The average Bonchev–Trinajstić information content (AvgIpc) is 3.14. The van der Waals surface area contributed by atoms with Crippen molar-refractivity contribution in [2.75, 3.05) is 17.2 Å². The van der Waals surface area contributed by atoms with Gasteiger partial charge in [-0.3, -0.25) is 15.0 Å². The van der Waals surface area contributed by atoms with Crippen LogP contribution in [0.5, 0.6) is 0 Å². The second-order valence-electron chi connectivity index (χ2n) is 7.29. The van der Waals surface area contributed by atoms with Gasteiger partial charge in [0.2, 0.25) is 0 Å². The molecule has 3 aromatic rings. The molecule has 32 heavy (non-hydrogen) atoms. The first-order chi connectivity index (χ1) is 15.5. The van der Waals surface area contributed by atoms with Crippen molar-refractivity contribution in [2.24, 2.45) is 0 Å². The highest BCUT2D eigenvalue weighted by Crippen LogP contribution is 2.48. The predicted molar refractivity (Wildman–Crippen MR) is 131 cm³/mol. The van der Waals surface area contributed by atoms with Crippen LogP contribution in [0, 0.1) is 0 Å². The van der Waals surface area contributed by atoms with Crippen molar-refractivity contribution in [3.63, 3.8) is 0 Å². The molecule has 1 N–H and O–H groups in total. The van der Waals surface area contributed by atoms with Gasteiger partial charge in [0.15, 0.2) is 0 Å². The lowest BCUT2D eigenvalue weighted by Gasteiger charge is -2.33. The van der Waals surface area contributed by atoms with Crippen molar-refractivity contribution in [3.05, 3.63) is 82.3 Å². The van der Waals surface area contributed by atoms with E-state index in [0.717, 1.165) is 26.7 Å². The zero-order valence-corrected chi connectivity index (χ0v) is 19.8. The number of benzene rings is 3. The van der Waals surface area contributed by atoms with Crippen molar-refractivity contribution in [1.82, 2.24) is 10.4 Å². The van der Waals surface area contributed by atoms with Gasteiger partial charge >= 0.3 is 0 Å². The van der Waals surface area contributed by atoms with Crippen LogP contribution >= 0.6 is 46.7 Å². The van der Waals surface area contributed by atoms with Crippen LogP contribution in [0.15, 0.2) is 76.5 Å². The normalized spacial score (nSPS) is 17.2. The summed E-state index contributed by atoms with van der Waals surface area (Å²) >= 11 is 15.5. The number of halogens is 2. The molecule has 2 amide bonds. The summed E-state index contributed by atoms with van der Waals surface area (Å²) in [4.78, 5) is 29.7. The minimum absolute atomic E-state index is 0.0433. The number of nitrogens with zero attached hydrogens (tertiary/aromatic N) is 2. The molecule has 1 saturated heterocycles. The minimum atomic E-state index is -0.323. The standard InChI is InChI=1S/C23H17Cl2N3O2S2/c24-15-5-3-4-14(10-15)23-28(22(30)13-31-23)26-21(29)12-27-17-6-1-2-7-19(17)32-20-9-8-16(25)11-18(20)27/h1-11,23H,12-13H2,(H,26,29). The third kappa shape index (κ3) is 4.18. The lowest BCUT2D eigenvalue weighted by Crippen LogP contribution is -2.48. The first kappa shape index (κ1) is 21.5. The van der Waals surface area contributed by atoms with E-state index in [1.54, 1.807) is 17.8 Å². The van der Waals surface area contributed by atoms with Crippen LogP contribution in [0.2, 0.25) is 10.0 Å². The number of carbonyl (C=O) groups is 2. The Hall–Kier alpha value is -2.32. The second kappa shape index (κ2) is 8.90. The number of anilines is 2. The van der Waals surface area contributed by atoms with Gasteiger partial charge < -0.3 is 4.90 Å². The highest BCUT2D eigenvalue weighted by atomic mass is 35.5. The Bertz CT molecular complexity index is 1220. The monoisotopic (exact) mass is 501 g/mol. The summed E-state index contributed by atoms with van der Waals surface area (Å²) in [5.74, 6) is -0.147. The Balaban J connectivity index is 1.40. The molecule has 1 unspecified atom stereocenters. The zero-order chi connectivity index (χ0) is 22.2.